The highest BCUT2D eigenvalue weighted by Gasteiger charge is 2.25. The lowest BCUT2D eigenvalue weighted by atomic mass is 10.1. The number of carbonyl (C=O) groups excluding carboxylic acids is 2. The van der Waals surface area contributed by atoms with Crippen LogP contribution in [0.15, 0.2) is 24.3 Å². The Kier molecular flexibility index (Phi) is 16.6. The second-order valence-electron chi connectivity index (χ2n) is 9.80. The molecule has 0 radical (unpaired) electrons. The Morgan fingerprint density at radius 3 is 1.20 bits per heavy atom. The number of methoxy groups -OCH3 is 6. The van der Waals surface area contributed by atoms with E-state index in [1.165, 1.54) is 99.0 Å². The molecule has 0 saturated carbocycles. The molecular weight excluding hydrogens is 576 g/mol. The molecule has 0 unspecified atom stereocenters. The zero-order valence-corrected chi connectivity index (χ0v) is 26.9. The summed E-state index contributed by atoms with van der Waals surface area (Å²) in [4.78, 5) is 46.8. The predicted molar refractivity (Wildman–Crippen MR) is 161 cm³/mol. The molecule has 0 heterocycles. The molecule has 0 saturated heterocycles. The quantitative estimate of drug-likeness (QED) is 0.0589. The van der Waals surface area contributed by atoms with Crippen LogP contribution in [0.4, 0.5) is 0 Å². The lowest BCUT2D eigenvalue weighted by Gasteiger charge is -2.17. The van der Waals surface area contributed by atoms with Crippen LogP contribution in [-0.4, -0.2) is 60.9 Å². The van der Waals surface area contributed by atoms with Crippen molar-refractivity contribution in [3.8, 4) is 34.5 Å². The predicted octanol–water partition coefficient (Wildman–Crippen LogP) is 6.86. The first kappa shape index (κ1) is 36.3. The van der Waals surface area contributed by atoms with Crippen LogP contribution in [0.5, 0.6) is 34.5 Å². The Morgan fingerprint density at radius 1 is 0.500 bits per heavy atom. The topological polar surface area (TPSA) is 126 Å². The van der Waals surface area contributed by atoms with Gasteiger partial charge < -0.3 is 28.4 Å². The molecule has 44 heavy (non-hydrogen) atoms. The van der Waals surface area contributed by atoms with Crippen molar-refractivity contribution < 1.29 is 57.6 Å². The second-order valence-corrected chi connectivity index (χ2v) is 9.80. The van der Waals surface area contributed by atoms with E-state index in [0.29, 0.717) is 29.4 Å². The highest BCUT2D eigenvalue weighted by molar-refractivity contribution is 5.94. The minimum Gasteiger partial charge on any atom is -0.496 e. The Labute approximate surface area is 259 Å². The fourth-order valence-electron chi connectivity index (χ4n) is 4.40. The monoisotopic (exact) mass is 622 g/mol. The Morgan fingerprint density at radius 2 is 0.841 bits per heavy atom. The molecule has 12 heteroatoms. The van der Waals surface area contributed by atoms with Gasteiger partial charge in [-0.25, -0.2) is 9.59 Å². The van der Waals surface area contributed by atoms with Crippen LogP contribution in [0.1, 0.15) is 91.8 Å². The van der Waals surface area contributed by atoms with E-state index in [0.717, 1.165) is 19.3 Å². The maximum absolute atomic E-state index is 13.0. The molecule has 0 fully saturated rings. The van der Waals surface area contributed by atoms with E-state index >= 15 is 0 Å². The third-order valence-corrected chi connectivity index (χ3v) is 6.86. The van der Waals surface area contributed by atoms with Crippen molar-refractivity contribution in [2.24, 2.45) is 0 Å². The highest BCUT2D eigenvalue weighted by Crippen LogP contribution is 2.36. The molecular formula is C32H46O12. The minimum absolute atomic E-state index is 0.0269. The van der Waals surface area contributed by atoms with Gasteiger partial charge >= 0.3 is 11.9 Å². The van der Waals surface area contributed by atoms with Gasteiger partial charge in [0.1, 0.15) is 22.6 Å². The van der Waals surface area contributed by atoms with Crippen LogP contribution in [0, 0.1) is 0 Å². The van der Waals surface area contributed by atoms with E-state index in [2.05, 4.69) is 6.92 Å². The van der Waals surface area contributed by atoms with Crippen LogP contribution in [0.2, 0.25) is 0 Å². The first-order valence-corrected chi connectivity index (χ1v) is 14.7. The number of hydrogen-bond acceptors (Lipinski definition) is 12. The zero-order valence-electron chi connectivity index (χ0n) is 26.9. The molecule has 2 aromatic carbocycles. The van der Waals surface area contributed by atoms with E-state index in [-0.39, 0.29) is 29.0 Å². The summed E-state index contributed by atoms with van der Waals surface area (Å²) in [6, 6.07) is 5.79. The summed E-state index contributed by atoms with van der Waals surface area (Å²) >= 11 is 0. The molecule has 0 bridgehead atoms. The Balaban J connectivity index is 2.10. The molecule has 0 N–H and O–H groups in total. The van der Waals surface area contributed by atoms with E-state index in [1.54, 1.807) is 0 Å². The summed E-state index contributed by atoms with van der Waals surface area (Å²) in [7, 11) is 8.60. The molecule has 0 atom stereocenters. The van der Waals surface area contributed by atoms with Crippen molar-refractivity contribution >= 4 is 11.9 Å². The molecule has 2 rings (SSSR count). The average Bonchev–Trinajstić information content (AvgIpc) is 3.06. The fourth-order valence-corrected chi connectivity index (χ4v) is 4.40. The lowest BCUT2D eigenvalue weighted by molar-refractivity contribution is -0.421. The summed E-state index contributed by atoms with van der Waals surface area (Å²) in [5.74, 6) is -0.0788. The average molecular weight is 623 g/mol. The van der Waals surface area contributed by atoms with Gasteiger partial charge in [-0.05, 0) is 6.42 Å². The Bertz CT molecular complexity index is 1090. The van der Waals surface area contributed by atoms with Gasteiger partial charge in [0.05, 0.1) is 42.7 Å². The van der Waals surface area contributed by atoms with Gasteiger partial charge in [0.15, 0.2) is 23.0 Å². The van der Waals surface area contributed by atoms with Crippen molar-refractivity contribution in [2.75, 3.05) is 42.7 Å². The van der Waals surface area contributed by atoms with Crippen LogP contribution in [0.25, 0.3) is 0 Å². The standard InChI is InChI=1S/C32H46O12/c1-8-9-10-11-12-13-14-15-16-17-30(41-43-31(33)22-18-26(37-4)28(39-6)20-24(22)35-2)42-44-32(34)23-19-27(38-5)29(40-7)21-25(23)36-3/h18-21,30H,8-17H2,1-7H3. The number of hydrogen-bond donors (Lipinski definition) is 0. The smallest absolute Gasteiger partial charge is 0.377 e. The second kappa shape index (κ2) is 20.1. The number of rotatable bonds is 22. The van der Waals surface area contributed by atoms with E-state index in [9.17, 15) is 9.59 Å². The van der Waals surface area contributed by atoms with E-state index in [4.69, 9.17) is 48.0 Å². The third kappa shape index (κ3) is 11.0. The summed E-state index contributed by atoms with van der Waals surface area (Å²) in [6.45, 7) is 2.20. The summed E-state index contributed by atoms with van der Waals surface area (Å²) in [5, 5.41) is 0. The fraction of sp³-hybridized carbons (Fsp3) is 0.562. The van der Waals surface area contributed by atoms with Crippen LogP contribution in [0.3, 0.4) is 0 Å². The van der Waals surface area contributed by atoms with Gasteiger partial charge in [-0.3, -0.25) is 9.78 Å². The summed E-state index contributed by atoms with van der Waals surface area (Å²) in [6.07, 6.45) is 8.94. The lowest BCUT2D eigenvalue weighted by Crippen LogP contribution is -2.22. The number of benzene rings is 2. The first-order chi connectivity index (χ1) is 21.4. The first-order valence-electron chi connectivity index (χ1n) is 14.7. The van der Waals surface area contributed by atoms with Crippen LogP contribution >= 0.6 is 0 Å². The van der Waals surface area contributed by atoms with E-state index in [1.807, 2.05) is 0 Å². The van der Waals surface area contributed by atoms with Crippen LogP contribution in [-0.2, 0) is 19.6 Å². The summed E-state index contributed by atoms with van der Waals surface area (Å²) in [5.41, 5.74) is 0.0538. The van der Waals surface area contributed by atoms with Crippen LogP contribution < -0.4 is 28.4 Å². The summed E-state index contributed by atoms with van der Waals surface area (Å²) < 4.78 is 31.7. The molecule has 0 aromatic heterocycles. The number of ether oxygens (including phenoxy) is 6. The van der Waals surface area contributed by atoms with E-state index < -0.39 is 18.2 Å². The zero-order chi connectivity index (χ0) is 32.3. The molecule has 2 aromatic rings. The van der Waals surface area contributed by atoms with Gasteiger partial charge in [0.25, 0.3) is 0 Å². The van der Waals surface area contributed by atoms with Crippen molar-refractivity contribution in [1.82, 2.24) is 0 Å². The van der Waals surface area contributed by atoms with Gasteiger partial charge in [0.2, 0.25) is 6.29 Å². The molecule has 0 aliphatic carbocycles. The molecule has 0 spiro atoms. The molecule has 246 valence electrons. The van der Waals surface area contributed by atoms with Crippen molar-refractivity contribution in [3.63, 3.8) is 0 Å². The largest absolute Gasteiger partial charge is 0.496 e. The molecule has 12 nitrogen and oxygen atoms in total. The van der Waals surface area contributed by atoms with Crippen molar-refractivity contribution in [2.45, 2.75) is 77.4 Å². The molecule has 0 aliphatic heterocycles. The maximum Gasteiger partial charge on any atom is 0.377 e. The number of carbonyl (C=O) groups is 2. The van der Waals surface area contributed by atoms with Crippen molar-refractivity contribution in [3.05, 3.63) is 35.4 Å². The van der Waals surface area contributed by atoms with Gasteiger partial charge in [-0.15, -0.1) is 9.78 Å². The van der Waals surface area contributed by atoms with Gasteiger partial charge in [-0.2, -0.15) is 0 Å². The molecule has 0 amide bonds. The number of unbranched alkanes of at least 4 members (excludes halogenated alkanes) is 8. The Hall–Kier alpha value is -3.90. The maximum atomic E-state index is 13.0. The minimum atomic E-state index is -1.22. The molecule has 0 aliphatic rings. The highest BCUT2D eigenvalue weighted by atomic mass is 17.3. The normalized spacial score (nSPS) is 10.7. The third-order valence-electron chi connectivity index (χ3n) is 6.86. The SMILES string of the molecule is CCCCCCCCCCCC(OOC(=O)c1cc(OC)c(OC)cc1OC)OOC(=O)c1cc(OC)c(OC)cc1OC. The van der Waals surface area contributed by atoms with Gasteiger partial charge in [-0.1, -0.05) is 58.3 Å². The van der Waals surface area contributed by atoms with Crippen molar-refractivity contribution in [1.29, 1.82) is 0 Å². The van der Waals surface area contributed by atoms with Gasteiger partial charge in [0, 0.05) is 30.7 Å².